The number of hydrogen-bond donors (Lipinski definition) is 0. The van der Waals surface area contributed by atoms with Crippen LogP contribution in [0.1, 0.15) is 50.5 Å². The standard InChI is InChI=1S/C16H19N3/c1-11(2)19-15-7-6-13(10-17)8-14(15)18-16(19)9-12-4-3-5-12/h6-8,11-12H,3-5,9H2,1-2H3. The van der Waals surface area contributed by atoms with E-state index in [1.807, 2.05) is 18.2 Å². The van der Waals surface area contributed by atoms with Gasteiger partial charge in [0, 0.05) is 12.5 Å². The van der Waals surface area contributed by atoms with E-state index >= 15 is 0 Å². The fourth-order valence-corrected chi connectivity index (χ4v) is 2.89. The van der Waals surface area contributed by atoms with E-state index < -0.39 is 0 Å². The van der Waals surface area contributed by atoms with E-state index in [-0.39, 0.29) is 0 Å². The van der Waals surface area contributed by atoms with Crippen molar-refractivity contribution in [2.24, 2.45) is 5.92 Å². The molecule has 19 heavy (non-hydrogen) atoms. The van der Waals surface area contributed by atoms with Crippen molar-refractivity contribution in [2.45, 2.75) is 45.6 Å². The first-order valence-electron chi connectivity index (χ1n) is 7.10. The van der Waals surface area contributed by atoms with Gasteiger partial charge in [-0.3, -0.25) is 0 Å². The lowest BCUT2D eigenvalue weighted by Crippen LogP contribution is -2.17. The van der Waals surface area contributed by atoms with Crippen LogP contribution in [0.4, 0.5) is 0 Å². The van der Waals surface area contributed by atoms with Gasteiger partial charge in [0.2, 0.25) is 0 Å². The molecule has 1 aromatic carbocycles. The van der Waals surface area contributed by atoms with Gasteiger partial charge < -0.3 is 4.57 Å². The summed E-state index contributed by atoms with van der Waals surface area (Å²) in [6, 6.07) is 8.42. The number of aromatic nitrogens is 2. The van der Waals surface area contributed by atoms with Crippen molar-refractivity contribution in [2.75, 3.05) is 0 Å². The first kappa shape index (κ1) is 12.2. The quantitative estimate of drug-likeness (QED) is 0.834. The summed E-state index contributed by atoms with van der Waals surface area (Å²) in [7, 11) is 0. The molecule has 3 nitrogen and oxygen atoms in total. The molecule has 2 aromatic rings. The summed E-state index contributed by atoms with van der Waals surface area (Å²) < 4.78 is 2.33. The molecule has 1 saturated carbocycles. The number of imidazole rings is 1. The van der Waals surface area contributed by atoms with Gasteiger partial charge >= 0.3 is 0 Å². The Bertz CT molecular complexity index is 642. The summed E-state index contributed by atoms with van der Waals surface area (Å²) in [5.41, 5.74) is 2.81. The van der Waals surface area contributed by atoms with Crippen molar-refractivity contribution in [3.8, 4) is 6.07 Å². The minimum absolute atomic E-state index is 0.410. The van der Waals surface area contributed by atoms with Crippen LogP contribution in [0.2, 0.25) is 0 Å². The van der Waals surface area contributed by atoms with Crippen LogP contribution < -0.4 is 0 Å². The Morgan fingerprint density at radius 3 is 2.79 bits per heavy atom. The topological polar surface area (TPSA) is 41.6 Å². The van der Waals surface area contributed by atoms with Gasteiger partial charge in [-0.05, 0) is 38.0 Å². The van der Waals surface area contributed by atoms with Crippen LogP contribution in [0.15, 0.2) is 18.2 Å². The van der Waals surface area contributed by atoms with Crippen LogP contribution >= 0.6 is 0 Å². The molecule has 1 fully saturated rings. The van der Waals surface area contributed by atoms with Crippen molar-refractivity contribution in [3.05, 3.63) is 29.6 Å². The SMILES string of the molecule is CC(C)n1c(CC2CCC2)nc2cc(C#N)ccc21. The maximum absolute atomic E-state index is 8.99. The maximum Gasteiger partial charge on any atom is 0.110 e. The van der Waals surface area contributed by atoms with Gasteiger partial charge in [0.05, 0.1) is 22.7 Å². The van der Waals surface area contributed by atoms with E-state index in [4.69, 9.17) is 10.2 Å². The first-order chi connectivity index (χ1) is 9.19. The van der Waals surface area contributed by atoms with Crippen LogP contribution in [0.5, 0.6) is 0 Å². The van der Waals surface area contributed by atoms with Gasteiger partial charge in [0.1, 0.15) is 5.82 Å². The lowest BCUT2D eigenvalue weighted by molar-refractivity contribution is 0.305. The Balaban J connectivity index is 2.08. The molecule has 98 valence electrons. The second-order valence-corrected chi connectivity index (χ2v) is 5.81. The molecule has 0 saturated heterocycles. The Kier molecular flexibility index (Phi) is 3.02. The molecular weight excluding hydrogens is 234 g/mol. The molecule has 0 radical (unpaired) electrons. The zero-order chi connectivity index (χ0) is 13.4. The van der Waals surface area contributed by atoms with E-state index in [2.05, 4.69) is 24.5 Å². The van der Waals surface area contributed by atoms with E-state index in [1.54, 1.807) is 0 Å². The summed E-state index contributed by atoms with van der Waals surface area (Å²) >= 11 is 0. The molecule has 0 spiro atoms. The number of hydrogen-bond acceptors (Lipinski definition) is 2. The molecule has 1 aliphatic rings. The molecule has 0 atom stereocenters. The predicted molar refractivity (Wildman–Crippen MR) is 75.9 cm³/mol. The highest BCUT2D eigenvalue weighted by Crippen LogP contribution is 2.31. The van der Waals surface area contributed by atoms with Gasteiger partial charge in [-0.25, -0.2) is 4.98 Å². The third-order valence-corrected chi connectivity index (χ3v) is 4.10. The largest absolute Gasteiger partial charge is 0.325 e. The summed E-state index contributed by atoms with van der Waals surface area (Å²) in [5.74, 6) is 1.99. The Morgan fingerprint density at radius 1 is 1.42 bits per heavy atom. The van der Waals surface area contributed by atoms with Crippen molar-refractivity contribution >= 4 is 11.0 Å². The van der Waals surface area contributed by atoms with Crippen molar-refractivity contribution in [1.29, 1.82) is 5.26 Å². The summed E-state index contributed by atoms with van der Waals surface area (Å²) in [5, 5.41) is 8.99. The molecule has 3 heteroatoms. The first-order valence-corrected chi connectivity index (χ1v) is 7.10. The number of nitrogens with zero attached hydrogens (tertiary/aromatic N) is 3. The normalized spacial score (nSPS) is 15.7. The highest BCUT2D eigenvalue weighted by Gasteiger charge is 2.22. The fourth-order valence-electron chi connectivity index (χ4n) is 2.89. The summed E-state index contributed by atoms with van der Waals surface area (Å²) in [4.78, 5) is 4.78. The second-order valence-electron chi connectivity index (χ2n) is 5.81. The molecule has 0 amide bonds. The lowest BCUT2D eigenvalue weighted by Gasteiger charge is -2.25. The van der Waals surface area contributed by atoms with E-state index in [1.165, 1.54) is 25.1 Å². The molecule has 0 N–H and O–H groups in total. The number of fused-ring (bicyclic) bond motifs is 1. The molecule has 0 aliphatic heterocycles. The van der Waals surface area contributed by atoms with Gasteiger partial charge in [-0.15, -0.1) is 0 Å². The highest BCUT2D eigenvalue weighted by molar-refractivity contribution is 5.78. The van der Waals surface area contributed by atoms with E-state index in [0.29, 0.717) is 11.6 Å². The zero-order valence-electron chi connectivity index (χ0n) is 11.6. The smallest absolute Gasteiger partial charge is 0.110 e. The monoisotopic (exact) mass is 253 g/mol. The number of rotatable bonds is 3. The molecule has 1 heterocycles. The van der Waals surface area contributed by atoms with Gasteiger partial charge in [-0.1, -0.05) is 19.3 Å². The Hall–Kier alpha value is -1.82. The fraction of sp³-hybridized carbons (Fsp3) is 0.500. The molecule has 0 unspecified atom stereocenters. The van der Waals surface area contributed by atoms with Crippen LogP contribution in [-0.2, 0) is 6.42 Å². The molecule has 1 aliphatic carbocycles. The molecule has 3 rings (SSSR count). The van der Waals surface area contributed by atoms with Crippen LogP contribution in [-0.4, -0.2) is 9.55 Å². The number of nitriles is 1. The third-order valence-electron chi connectivity index (χ3n) is 4.10. The highest BCUT2D eigenvalue weighted by atomic mass is 15.1. The number of benzene rings is 1. The average Bonchev–Trinajstić information content (AvgIpc) is 2.70. The second kappa shape index (κ2) is 4.70. The lowest BCUT2D eigenvalue weighted by atomic mass is 9.83. The Labute approximate surface area is 113 Å². The average molecular weight is 253 g/mol. The zero-order valence-corrected chi connectivity index (χ0v) is 11.6. The van der Waals surface area contributed by atoms with Gasteiger partial charge in [0.25, 0.3) is 0 Å². The summed E-state index contributed by atoms with van der Waals surface area (Å²) in [6.07, 6.45) is 5.12. The maximum atomic E-state index is 8.99. The molecular formula is C16H19N3. The third kappa shape index (κ3) is 2.12. The van der Waals surface area contributed by atoms with Crippen molar-refractivity contribution in [3.63, 3.8) is 0 Å². The van der Waals surface area contributed by atoms with Gasteiger partial charge in [0.15, 0.2) is 0 Å². The molecule has 1 aromatic heterocycles. The predicted octanol–water partition coefficient (Wildman–Crippen LogP) is 3.83. The van der Waals surface area contributed by atoms with Crippen LogP contribution in [0, 0.1) is 17.2 Å². The van der Waals surface area contributed by atoms with Crippen molar-refractivity contribution < 1.29 is 0 Å². The van der Waals surface area contributed by atoms with E-state index in [9.17, 15) is 0 Å². The van der Waals surface area contributed by atoms with E-state index in [0.717, 1.165) is 23.4 Å². The van der Waals surface area contributed by atoms with Gasteiger partial charge in [-0.2, -0.15) is 5.26 Å². The molecule has 0 bridgehead atoms. The Morgan fingerprint density at radius 2 is 2.21 bits per heavy atom. The van der Waals surface area contributed by atoms with Crippen molar-refractivity contribution in [1.82, 2.24) is 9.55 Å². The van der Waals surface area contributed by atoms with Crippen LogP contribution in [0.3, 0.4) is 0 Å². The van der Waals surface area contributed by atoms with Crippen LogP contribution in [0.25, 0.3) is 11.0 Å². The minimum Gasteiger partial charge on any atom is -0.325 e. The summed E-state index contributed by atoms with van der Waals surface area (Å²) in [6.45, 7) is 4.40. The minimum atomic E-state index is 0.410.